The molecular formula is C13H19FN2OS. The van der Waals surface area contributed by atoms with Gasteiger partial charge in [-0.2, -0.15) is 0 Å². The van der Waals surface area contributed by atoms with Crippen molar-refractivity contribution in [2.24, 2.45) is 5.73 Å². The van der Waals surface area contributed by atoms with E-state index in [4.69, 9.17) is 5.73 Å². The van der Waals surface area contributed by atoms with E-state index in [2.05, 4.69) is 4.90 Å². The molecule has 1 aliphatic heterocycles. The molecule has 0 radical (unpaired) electrons. The number of nitrogens with zero attached hydrogens (tertiary/aromatic N) is 1. The largest absolute Gasteiger partial charge is 0.326 e. The standard InChI is InChI=1S/C13H19FN2OS/c1-10(15)13(11-3-2-4-12(14)9-11)16-5-7-18(17)8-6-16/h2-4,9-10,13H,5-8,15H2,1H3. The molecule has 2 rings (SSSR count). The van der Waals surface area contributed by atoms with Crippen molar-refractivity contribution in [2.45, 2.75) is 19.0 Å². The Labute approximate surface area is 110 Å². The highest BCUT2D eigenvalue weighted by Crippen LogP contribution is 2.25. The van der Waals surface area contributed by atoms with Crippen LogP contribution in [0.4, 0.5) is 4.39 Å². The lowest BCUT2D eigenvalue weighted by atomic mass is 9.99. The van der Waals surface area contributed by atoms with Crippen LogP contribution in [0.15, 0.2) is 24.3 Å². The predicted molar refractivity (Wildman–Crippen MR) is 72.2 cm³/mol. The van der Waals surface area contributed by atoms with E-state index in [0.717, 1.165) is 18.7 Å². The second-order valence-electron chi connectivity index (χ2n) is 4.74. The summed E-state index contributed by atoms with van der Waals surface area (Å²) in [5.41, 5.74) is 6.94. The summed E-state index contributed by atoms with van der Waals surface area (Å²) in [4.78, 5) is 2.21. The molecule has 1 fully saturated rings. The van der Waals surface area contributed by atoms with Gasteiger partial charge in [-0.3, -0.25) is 9.11 Å². The molecule has 1 saturated heterocycles. The SMILES string of the molecule is CC(N)C(c1cccc(F)c1)N1CCS(=O)CC1. The molecule has 0 bridgehead atoms. The van der Waals surface area contributed by atoms with Gasteiger partial charge in [-0.25, -0.2) is 4.39 Å². The first-order valence-electron chi connectivity index (χ1n) is 6.18. The number of hydrogen-bond donors (Lipinski definition) is 1. The highest BCUT2D eigenvalue weighted by atomic mass is 32.2. The van der Waals surface area contributed by atoms with Gasteiger partial charge in [0.05, 0.1) is 0 Å². The Morgan fingerprint density at radius 3 is 2.61 bits per heavy atom. The minimum atomic E-state index is -0.708. The van der Waals surface area contributed by atoms with Gasteiger partial charge in [0.2, 0.25) is 0 Å². The zero-order valence-corrected chi connectivity index (χ0v) is 11.3. The first-order valence-corrected chi connectivity index (χ1v) is 7.67. The molecule has 0 spiro atoms. The zero-order valence-electron chi connectivity index (χ0n) is 10.5. The van der Waals surface area contributed by atoms with Crippen molar-refractivity contribution in [3.63, 3.8) is 0 Å². The summed E-state index contributed by atoms with van der Waals surface area (Å²) in [5.74, 6) is 1.12. The molecular weight excluding hydrogens is 251 g/mol. The zero-order chi connectivity index (χ0) is 13.1. The first-order chi connectivity index (χ1) is 8.58. The Morgan fingerprint density at radius 2 is 2.06 bits per heavy atom. The van der Waals surface area contributed by atoms with Crippen LogP contribution in [0.3, 0.4) is 0 Å². The number of rotatable bonds is 3. The third kappa shape index (κ3) is 3.16. The minimum Gasteiger partial charge on any atom is -0.326 e. The molecule has 2 unspecified atom stereocenters. The Kier molecular flexibility index (Phi) is 4.48. The lowest BCUT2D eigenvalue weighted by molar-refractivity contribution is 0.193. The molecule has 2 atom stereocenters. The fourth-order valence-corrected chi connectivity index (χ4v) is 3.55. The number of benzene rings is 1. The van der Waals surface area contributed by atoms with E-state index in [-0.39, 0.29) is 17.9 Å². The smallest absolute Gasteiger partial charge is 0.123 e. The third-order valence-corrected chi connectivity index (χ3v) is 4.57. The van der Waals surface area contributed by atoms with Gasteiger partial charge < -0.3 is 5.73 Å². The Balaban J connectivity index is 2.20. The van der Waals surface area contributed by atoms with Crippen molar-refractivity contribution < 1.29 is 8.60 Å². The molecule has 1 aliphatic rings. The second-order valence-corrected chi connectivity index (χ2v) is 6.44. The maximum Gasteiger partial charge on any atom is 0.123 e. The van der Waals surface area contributed by atoms with Gasteiger partial charge in [-0.05, 0) is 24.6 Å². The fraction of sp³-hybridized carbons (Fsp3) is 0.538. The van der Waals surface area contributed by atoms with Crippen LogP contribution in [-0.2, 0) is 10.8 Å². The van der Waals surface area contributed by atoms with Crippen molar-refractivity contribution in [3.8, 4) is 0 Å². The number of halogens is 1. The van der Waals surface area contributed by atoms with Crippen LogP contribution in [0.25, 0.3) is 0 Å². The minimum absolute atomic E-state index is 0.00185. The summed E-state index contributed by atoms with van der Waals surface area (Å²) in [6, 6.07) is 6.51. The van der Waals surface area contributed by atoms with Crippen LogP contribution < -0.4 is 5.73 Å². The van der Waals surface area contributed by atoms with E-state index in [1.54, 1.807) is 12.1 Å². The summed E-state index contributed by atoms with van der Waals surface area (Å²) in [7, 11) is -0.708. The van der Waals surface area contributed by atoms with E-state index in [9.17, 15) is 8.60 Å². The fourth-order valence-electron chi connectivity index (χ4n) is 2.47. The molecule has 1 heterocycles. The average molecular weight is 270 g/mol. The molecule has 5 heteroatoms. The van der Waals surface area contributed by atoms with Gasteiger partial charge in [-0.15, -0.1) is 0 Å². The van der Waals surface area contributed by atoms with Gasteiger partial charge in [0.25, 0.3) is 0 Å². The van der Waals surface area contributed by atoms with Gasteiger partial charge in [0.15, 0.2) is 0 Å². The Hall–Kier alpha value is -0.780. The monoisotopic (exact) mass is 270 g/mol. The molecule has 0 amide bonds. The lowest BCUT2D eigenvalue weighted by Crippen LogP contribution is -2.46. The van der Waals surface area contributed by atoms with Gasteiger partial charge in [-0.1, -0.05) is 12.1 Å². The average Bonchev–Trinajstić information content (AvgIpc) is 2.32. The molecule has 1 aromatic carbocycles. The van der Waals surface area contributed by atoms with Gasteiger partial charge in [0, 0.05) is 47.5 Å². The molecule has 2 N–H and O–H groups in total. The van der Waals surface area contributed by atoms with Gasteiger partial charge >= 0.3 is 0 Å². The highest BCUT2D eigenvalue weighted by Gasteiger charge is 2.27. The van der Waals surface area contributed by atoms with Crippen molar-refractivity contribution in [1.82, 2.24) is 4.90 Å². The van der Waals surface area contributed by atoms with Crippen LogP contribution in [0.1, 0.15) is 18.5 Å². The highest BCUT2D eigenvalue weighted by molar-refractivity contribution is 7.85. The summed E-state index contributed by atoms with van der Waals surface area (Å²) in [6.07, 6.45) is 0. The molecule has 100 valence electrons. The van der Waals surface area contributed by atoms with Crippen molar-refractivity contribution in [3.05, 3.63) is 35.6 Å². The van der Waals surface area contributed by atoms with E-state index < -0.39 is 10.8 Å². The lowest BCUT2D eigenvalue weighted by Gasteiger charge is -2.36. The Morgan fingerprint density at radius 1 is 1.39 bits per heavy atom. The molecule has 1 aromatic rings. The van der Waals surface area contributed by atoms with Crippen LogP contribution >= 0.6 is 0 Å². The van der Waals surface area contributed by atoms with Crippen molar-refractivity contribution >= 4 is 10.8 Å². The molecule has 3 nitrogen and oxygen atoms in total. The van der Waals surface area contributed by atoms with Crippen molar-refractivity contribution in [1.29, 1.82) is 0 Å². The summed E-state index contributed by atoms with van der Waals surface area (Å²) < 4.78 is 24.7. The Bertz CT molecular complexity index is 429. The molecule has 0 aliphatic carbocycles. The predicted octanol–water partition coefficient (Wildman–Crippen LogP) is 1.28. The maximum absolute atomic E-state index is 13.3. The second kappa shape index (κ2) is 5.91. The topological polar surface area (TPSA) is 46.3 Å². The van der Waals surface area contributed by atoms with E-state index in [1.807, 2.05) is 13.0 Å². The maximum atomic E-state index is 13.3. The number of nitrogens with two attached hydrogens (primary N) is 1. The van der Waals surface area contributed by atoms with Crippen LogP contribution in [0.5, 0.6) is 0 Å². The summed E-state index contributed by atoms with van der Waals surface area (Å²) in [5, 5.41) is 0. The van der Waals surface area contributed by atoms with E-state index >= 15 is 0 Å². The molecule has 0 aromatic heterocycles. The quantitative estimate of drug-likeness (QED) is 0.900. The molecule has 18 heavy (non-hydrogen) atoms. The van der Waals surface area contributed by atoms with E-state index in [0.29, 0.717) is 11.5 Å². The van der Waals surface area contributed by atoms with Crippen LogP contribution in [0.2, 0.25) is 0 Å². The normalized spacial score (nSPS) is 21.7. The summed E-state index contributed by atoms with van der Waals surface area (Å²) in [6.45, 7) is 3.45. The van der Waals surface area contributed by atoms with Crippen LogP contribution in [0, 0.1) is 5.82 Å². The summed E-state index contributed by atoms with van der Waals surface area (Å²) >= 11 is 0. The van der Waals surface area contributed by atoms with Crippen molar-refractivity contribution in [2.75, 3.05) is 24.6 Å². The first kappa shape index (κ1) is 13.6. The van der Waals surface area contributed by atoms with Gasteiger partial charge in [0.1, 0.15) is 5.82 Å². The van der Waals surface area contributed by atoms with E-state index in [1.165, 1.54) is 6.07 Å². The van der Waals surface area contributed by atoms with Crippen LogP contribution in [-0.4, -0.2) is 39.7 Å². The number of hydrogen-bond acceptors (Lipinski definition) is 3. The molecule has 0 saturated carbocycles. The third-order valence-electron chi connectivity index (χ3n) is 3.29.